The molecule has 2 amide bonds. The van der Waals surface area contributed by atoms with E-state index in [-0.39, 0.29) is 11.8 Å². The highest BCUT2D eigenvalue weighted by Crippen LogP contribution is 2.38. The summed E-state index contributed by atoms with van der Waals surface area (Å²) in [5.41, 5.74) is 3.37. The average Bonchev–Trinajstić information content (AvgIpc) is 3.45. The molecule has 2 N–H and O–H groups in total. The molecule has 0 aliphatic heterocycles. The maximum atomic E-state index is 13.5. The van der Waals surface area contributed by atoms with Crippen molar-refractivity contribution < 1.29 is 18.7 Å². The second-order valence-corrected chi connectivity index (χ2v) is 10.7. The zero-order chi connectivity index (χ0) is 27.9. The lowest BCUT2D eigenvalue weighted by atomic mass is 10.1. The van der Waals surface area contributed by atoms with E-state index >= 15 is 0 Å². The second kappa shape index (κ2) is 12.6. The summed E-state index contributed by atoms with van der Waals surface area (Å²) in [6.45, 7) is 0. The number of para-hydroxylation sites is 1. The molecule has 5 rings (SSSR count). The molecular formula is C31H24FN3O3S2. The normalized spacial score (nSPS) is 11.4. The lowest BCUT2D eigenvalue weighted by molar-refractivity contribution is -0.115. The number of halogens is 1. The quantitative estimate of drug-likeness (QED) is 0.178. The van der Waals surface area contributed by atoms with Gasteiger partial charge in [-0.1, -0.05) is 42.5 Å². The number of nitrogens with zero attached hydrogens (tertiary/aromatic N) is 1. The molecule has 0 spiro atoms. The lowest BCUT2D eigenvalue weighted by Gasteiger charge is -2.16. The van der Waals surface area contributed by atoms with Crippen molar-refractivity contribution in [3.63, 3.8) is 0 Å². The summed E-state index contributed by atoms with van der Waals surface area (Å²) >= 11 is 2.74. The maximum Gasteiger partial charge on any atom is 0.255 e. The molecule has 0 aliphatic carbocycles. The first-order chi connectivity index (χ1) is 19.5. The topological polar surface area (TPSA) is 80.3 Å². The molecule has 4 aromatic carbocycles. The standard InChI is InChI=1S/C31H24FN3O3S2/c1-38-27-10-6-5-9-25(27)26-19-39-31(34-26)35-30(37)28(20-7-3-2-4-8-20)40-24-17-15-23(16-18-24)33-29(36)21-11-13-22(32)14-12-21/h2-19,28H,1H3,(H,33,36)(H,34,35,37). The molecule has 9 heteroatoms. The van der Waals surface area contributed by atoms with Gasteiger partial charge in [0.25, 0.3) is 5.91 Å². The van der Waals surface area contributed by atoms with Crippen LogP contribution in [0.5, 0.6) is 5.75 Å². The highest BCUT2D eigenvalue weighted by Gasteiger charge is 2.23. The molecule has 1 atom stereocenters. The Morgan fingerprint density at radius 2 is 1.57 bits per heavy atom. The van der Waals surface area contributed by atoms with Crippen LogP contribution >= 0.6 is 23.1 Å². The number of ether oxygens (including phenoxy) is 1. The van der Waals surface area contributed by atoms with Gasteiger partial charge in [0.05, 0.1) is 12.8 Å². The number of amides is 2. The molecule has 0 fully saturated rings. The first kappa shape index (κ1) is 27.1. The number of carbonyl (C=O) groups excluding carboxylic acids is 2. The predicted molar refractivity (Wildman–Crippen MR) is 159 cm³/mol. The third-order valence-corrected chi connectivity index (χ3v) is 7.95. The summed E-state index contributed by atoms with van der Waals surface area (Å²) in [5, 5.41) is 7.61. The number of hydrogen-bond acceptors (Lipinski definition) is 6. The molecule has 200 valence electrons. The van der Waals surface area contributed by atoms with E-state index < -0.39 is 11.1 Å². The van der Waals surface area contributed by atoms with E-state index in [0.29, 0.717) is 22.1 Å². The molecule has 40 heavy (non-hydrogen) atoms. The van der Waals surface area contributed by atoms with Crippen LogP contribution in [0.2, 0.25) is 0 Å². The zero-order valence-electron chi connectivity index (χ0n) is 21.3. The van der Waals surface area contributed by atoms with E-state index in [4.69, 9.17) is 4.74 Å². The maximum absolute atomic E-state index is 13.5. The fourth-order valence-corrected chi connectivity index (χ4v) is 5.68. The van der Waals surface area contributed by atoms with Gasteiger partial charge in [0.2, 0.25) is 5.91 Å². The Balaban J connectivity index is 1.30. The van der Waals surface area contributed by atoms with Crippen molar-refractivity contribution in [1.29, 1.82) is 0 Å². The van der Waals surface area contributed by atoms with Crippen LogP contribution in [-0.2, 0) is 4.79 Å². The van der Waals surface area contributed by atoms with Gasteiger partial charge in [-0.2, -0.15) is 0 Å². The fourth-order valence-electron chi connectivity index (χ4n) is 3.94. The largest absolute Gasteiger partial charge is 0.496 e. The van der Waals surface area contributed by atoms with Gasteiger partial charge in [0.1, 0.15) is 16.8 Å². The van der Waals surface area contributed by atoms with E-state index in [1.807, 2.05) is 72.1 Å². The van der Waals surface area contributed by atoms with Crippen molar-refractivity contribution in [1.82, 2.24) is 4.98 Å². The summed E-state index contributed by atoms with van der Waals surface area (Å²) in [6, 6.07) is 29.7. The van der Waals surface area contributed by atoms with Crippen LogP contribution in [0.3, 0.4) is 0 Å². The van der Waals surface area contributed by atoms with Gasteiger partial charge in [-0.15, -0.1) is 23.1 Å². The number of thioether (sulfide) groups is 1. The zero-order valence-corrected chi connectivity index (χ0v) is 23.0. The number of nitrogens with one attached hydrogen (secondary N) is 2. The molecule has 0 saturated carbocycles. The molecule has 1 unspecified atom stereocenters. The van der Waals surface area contributed by atoms with Crippen molar-refractivity contribution in [2.24, 2.45) is 0 Å². The van der Waals surface area contributed by atoms with Crippen LogP contribution in [0.1, 0.15) is 21.2 Å². The number of rotatable bonds is 9. The summed E-state index contributed by atoms with van der Waals surface area (Å²) in [5.74, 6) is -0.231. The van der Waals surface area contributed by atoms with Gasteiger partial charge in [-0.05, 0) is 66.2 Å². The van der Waals surface area contributed by atoms with Gasteiger partial charge in [0, 0.05) is 27.1 Å². The van der Waals surface area contributed by atoms with Gasteiger partial charge in [-0.25, -0.2) is 9.37 Å². The summed E-state index contributed by atoms with van der Waals surface area (Å²) in [4.78, 5) is 31.4. The monoisotopic (exact) mass is 569 g/mol. The molecule has 6 nitrogen and oxygen atoms in total. The molecule has 0 radical (unpaired) electrons. The molecule has 0 saturated heterocycles. The Kier molecular flexibility index (Phi) is 8.53. The van der Waals surface area contributed by atoms with Crippen molar-refractivity contribution in [2.45, 2.75) is 10.1 Å². The Morgan fingerprint density at radius 1 is 0.875 bits per heavy atom. The van der Waals surface area contributed by atoms with Crippen LogP contribution in [0.25, 0.3) is 11.3 Å². The van der Waals surface area contributed by atoms with Crippen molar-refractivity contribution in [3.05, 3.63) is 125 Å². The van der Waals surface area contributed by atoms with Gasteiger partial charge < -0.3 is 15.4 Å². The van der Waals surface area contributed by atoms with Gasteiger partial charge in [0.15, 0.2) is 5.13 Å². The van der Waals surface area contributed by atoms with Crippen molar-refractivity contribution in [3.8, 4) is 17.0 Å². The number of carbonyl (C=O) groups is 2. The van der Waals surface area contributed by atoms with Crippen LogP contribution in [-0.4, -0.2) is 23.9 Å². The minimum atomic E-state index is -0.542. The highest BCUT2D eigenvalue weighted by atomic mass is 32.2. The van der Waals surface area contributed by atoms with E-state index in [1.54, 1.807) is 19.2 Å². The summed E-state index contributed by atoms with van der Waals surface area (Å²) < 4.78 is 18.6. The van der Waals surface area contributed by atoms with E-state index in [2.05, 4.69) is 15.6 Å². The SMILES string of the molecule is COc1ccccc1-c1csc(NC(=O)C(Sc2ccc(NC(=O)c3ccc(F)cc3)cc2)c2ccccc2)n1. The third-order valence-electron chi connectivity index (χ3n) is 5.93. The van der Waals surface area contributed by atoms with Gasteiger partial charge >= 0.3 is 0 Å². The highest BCUT2D eigenvalue weighted by molar-refractivity contribution is 8.00. The van der Waals surface area contributed by atoms with E-state index in [1.165, 1.54) is 47.4 Å². The Labute approximate surface area is 239 Å². The average molecular weight is 570 g/mol. The molecule has 1 aromatic heterocycles. The summed E-state index contributed by atoms with van der Waals surface area (Å²) in [7, 11) is 1.61. The van der Waals surface area contributed by atoms with Crippen molar-refractivity contribution >= 4 is 45.7 Å². The number of benzene rings is 4. The second-order valence-electron chi connectivity index (χ2n) is 8.62. The lowest BCUT2D eigenvalue weighted by Crippen LogP contribution is -2.19. The number of hydrogen-bond donors (Lipinski definition) is 2. The minimum absolute atomic E-state index is 0.203. The van der Waals surface area contributed by atoms with E-state index in [9.17, 15) is 14.0 Å². The van der Waals surface area contributed by atoms with Crippen LogP contribution in [0.4, 0.5) is 15.2 Å². The number of methoxy groups -OCH3 is 1. The molecule has 0 bridgehead atoms. The first-order valence-electron chi connectivity index (χ1n) is 12.3. The van der Waals surface area contributed by atoms with E-state index in [0.717, 1.165) is 21.7 Å². The van der Waals surface area contributed by atoms with Crippen molar-refractivity contribution in [2.75, 3.05) is 17.7 Å². The summed E-state index contributed by atoms with van der Waals surface area (Å²) in [6.07, 6.45) is 0. The first-order valence-corrected chi connectivity index (χ1v) is 14.0. The number of thiazole rings is 1. The fraction of sp³-hybridized carbons (Fsp3) is 0.0645. The molecule has 1 heterocycles. The molecular weight excluding hydrogens is 545 g/mol. The number of aromatic nitrogens is 1. The van der Waals surface area contributed by atoms with Crippen LogP contribution < -0.4 is 15.4 Å². The Bertz CT molecular complexity index is 1610. The number of anilines is 2. The van der Waals surface area contributed by atoms with Crippen LogP contribution in [0.15, 0.2) is 113 Å². The van der Waals surface area contributed by atoms with Gasteiger partial charge in [-0.3, -0.25) is 9.59 Å². The predicted octanol–water partition coefficient (Wildman–Crippen LogP) is 7.68. The van der Waals surface area contributed by atoms with Crippen LogP contribution in [0, 0.1) is 5.82 Å². The Morgan fingerprint density at radius 3 is 2.30 bits per heavy atom. The smallest absolute Gasteiger partial charge is 0.255 e. The molecule has 5 aromatic rings. The Hall–Kier alpha value is -4.47. The third kappa shape index (κ3) is 6.56. The minimum Gasteiger partial charge on any atom is -0.496 e. The molecule has 0 aliphatic rings.